The molecule has 5 heteroatoms. The van der Waals surface area contributed by atoms with Gasteiger partial charge in [0.15, 0.2) is 0 Å². The Bertz CT molecular complexity index is 576. The largest absolute Gasteiger partial charge is 0.352 e. The standard InChI is InChI=1S/C20H29N3O2/c1-2-17(15-7-4-3-5-8-15)20(25)23-13-10-16(11-14-23)22-19(24)18-9-6-12-21-18/h3-5,7-8,16-18,21H,2,6,9-14H2,1H3,(H,22,24). The molecule has 5 nitrogen and oxygen atoms in total. The van der Waals surface area contributed by atoms with Gasteiger partial charge in [-0.05, 0) is 44.2 Å². The number of likely N-dealkylation sites (tertiary alicyclic amines) is 1. The van der Waals surface area contributed by atoms with Gasteiger partial charge in [-0.2, -0.15) is 0 Å². The van der Waals surface area contributed by atoms with E-state index in [1.807, 2.05) is 35.2 Å². The van der Waals surface area contributed by atoms with Gasteiger partial charge in [-0.15, -0.1) is 0 Å². The number of carbonyl (C=O) groups excluding carboxylic acids is 2. The number of hydrogen-bond acceptors (Lipinski definition) is 3. The summed E-state index contributed by atoms with van der Waals surface area (Å²) < 4.78 is 0. The van der Waals surface area contributed by atoms with Crippen molar-refractivity contribution in [3.8, 4) is 0 Å². The van der Waals surface area contributed by atoms with Crippen LogP contribution < -0.4 is 10.6 Å². The summed E-state index contributed by atoms with van der Waals surface area (Å²) in [5.74, 6) is 0.281. The Hall–Kier alpha value is -1.88. The maximum Gasteiger partial charge on any atom is 0.237 e. The van der Waals surface area contributed by atoms with Crippen LogP contribution in [0.2, 0.25) is 0 Å². The average Bonchev–Trinajstić information content (AvgIpc) is 3.19. The number of nitrogens with one attached hydrogen (secondary N) is 2. The minimum Gasteiger partial charge on any atom is -0.352 e. The normalized spacial score (nSPS) is 22.6. The van der Waals surface area contributed by atoms with Gasteiger partial charge in [-0.1, -0.05) is 37.3 Å². The fourth-order valence-corrected chi connectivity index (χ4v) is 3.91. The zero-order valence-electron chi connectivity index (χ0n) is 15.0. The zero-order chi connectivity index (χ0) is 17.6. The van der Waals surface area contributed by atoms with Crippen LogP contribution in [-0.2, 0) is 9.59 Å². The van der Waals surface area contributed by atoms with Crippen molar-refractivity contribution in [1.29, 1.82) is 0 Å². The highest BCUT2D eigenvalue weighted by Gasteiger charge is 2.30. The average molecular weight is 343 g/mol. The van der Waals surface area contributed by atoms with Crippen molar-refractivity contribution in [1.82, 2.24) is 15.5 Å². The minimum absolute atomic E-state index is 0.0257. The summed E-state index contributed by atoms with van der Waals surface area (Å²) in [6.07, 6.45) is 4.50. The smallest absolute Gasteiger partial charge is 0.237 e. The molecule has 0 radical (unpaired) electrons. The lowest BCUT2D eigenvalue weighted by molar-refractivity contribution is -0.134. The summed E-state index contributed by atoms with van der Waals surface area (Å²) in [6.45, 7) is 4.45. The second-order valence-corrected chi connectivity index (χ2v) is 7.13. The molecule has 2 fully saturated rings. The fourth-order valence-electron chi connectivity index (χ4n) is 3.91. The number of hydrogen-bond donors (Lipinski definition) is 2. The van der Waals surface area contributed by atoms with Gasteiger partial charge in [0.05, 0.1) is 12.0 Å². The van der Waals surface area contributed by atoms with Gasteiger partial charge in [-0.3, -0.25) is 9.59 Å². The third-order valence-electron chi connectivity index (χ3n) is 5.44. The Labute approximate surface area is 150 Å². The Morgan fingerprint density at radius 2 is 1.92 bits per heavy atom. The second-order valence-electron chi connectivity index (χ2n) is 7.13. The van der Waals surface area contributed by atoms with Crippen LogP contribution in [0.4, 0.5) is 0 Å². The molecule has 1 aromatic rings. The topological polar surface area (TPSA) is 61.4 Å². The van der Waals surface area contributed by atoms with Crippen molar-refractivity contribution in [2.45, 2.75) is 57.0 Å². The van der Waals surface area contributed by atoms with Crippen molar-refractivity contribution < 1.29 is 9.59 Å². The number of amides is 2. The molecule has 2 atom stereocenters. The Morgan fingerprint density at radius 1 is 1.20 bits per heavy atom. The highest BCUT2D eigenvalue weighted by molar-refractivity contribution is 5.84. The molecule has 0 saturated carbocycles. The minimum atomic E-state index is -0.0602. The first-order valence-corrected chi connectivity index (χ1v) is 9.56. The number of piperidine rings is 1. The van der Waals surface area contributed by atoms with Crippen LogP contribution in [0.1, 0.15) is 50.5 Å². The van der Waals surface area contributed by atoms with Gasteiger partial charge >= 0.3 is 0 Å². The molecule has 3 rings (SSSR count). The molecular formula is C20H29N3O2. The van der Waals surface area contributed by atoms with Gasteiger partial charge in [0.2, 0.25) is 11.8 Å². The number of rotatable bonds is 5. The first-order chi connectivity index (χ1) is 12.2. The van der Waals surface area contributed by atoms with E-state index in [1.165, 1.54) is 0 Å². The number of nitrogens with zero attached hydrogens (tertiary/aromatic N) is 1. The molecule has 2 aliphatic rings. The van der Waals surface area contributed by atoms with E-state index < -0.39 is 0 Å². The van der Waals surface area contributed by atoms with Crippen LogP contribution in [0, 0.1) is 0 Å². The maximum absolute atomic E-state index is 12.9. The van der Waals surface area contributed by atoms with Crippen LogP contribution >= 0.6 is 0 Å². The first-order valence-electron chi connectivity index (χ1n) is 9.56. The van der Waals surface area contributed by atoms with E-state index >= 15 is 0 Å². The van der Waals surface area contributed by atoms with Gasteiger partial charge in [0.25, 0.3) is 0 Å². The predicted molar refractivity (Wildman–Crippen MR) is 98.2 cm³/mol. The highest BCUT2D eigenvalue weighted by atomic mass is 16.2. The predicted octanol–water partition coefficient (Wildman–Crippen LogP) is 2.04. The third kappa shape index (κ3) is 4.40. The molecule has 0 aromatic heterocycles. The summed E-state index contributed by atoms with van der Waals surface area (Å²) in [5, 5.41) is 6.39. The van der Waals surface area contributed by atoms with Crippen molar-refractivity contribution in [3.63, 3.8) is 0 Å². The van der Waals surface area contributed by atoms with Gasteiger partial charge in [0.1, 0.15) is 0 Å². The molecule has 1 aromatic carbocycles. The lowest BCUT2D eigenvalue weighted by Gasteiger charge is -2.35. The van der Waals surface area contributed by atoms with Gasteiger partial charge in [-0.25, -0.2) is 0 Å². The SMILES string of the molecule is CCC(C(=O)N1CCC(NC(=O)C2CCCN2)CC1)c1ccccc1. The van der Waals surface area contributed by atoms with E-state index in [2.05, 4.69) is 17.6 Å². The molecule has 0 spiro atoms. The van der Waals surface area contributed by atoms with E-state index in [0.717, 1.165) is 57.3 Å². The van der Waals surface area contributed by atoms with Crippen LogP contribution in [0.5, 0.6) is 0 Å². The molecule has 0 bridgehead atoms. The molecule has 2 N–H and O–H groups in total. The fraction of sp³-hybridized carbons (Fsp3) is 0.600. The molecule has 2 amide bonds. The summed E-state index contributed by atoms with van der Waals surface area (Å²) in [5.41, 5.74) is 1.10. The van der Waals surface area contributed by atoms with Crippen molar-refractivity contribution in [3.05, 3.63) is 35.9 Å². The van der Waals surface area contributed by atoms with E-state index in [9.17, 15) is 9.59 Å². The van der Waals surface area contributed by atoms with Crippen LogP contribution in [0.15, 0.2) is 30.3 Å². The van der Waals surface area contributed by atoms with Crippen molar-refractivity contribution in [2.75, 3.05) is 19.6 Å². The number of carbonyl (C=O) groups is 2. The molecule has 0 aliphatic carbocycles. The summed E-state index contributed by atoms with van der Waals surface area (Å²) in [4.78, 5) is 27.1. The summed E-state index contributed by atoms with van der Waals surface area (Å²) >= 11 is 0. The molecule has 2 unspecified atom stereocenters. The van der Waals surface area contributed by atoms with Crippen molar-refractivity contribution in [2.24, 2.45) is 0 Å². The maximum atomic E-state index is 12.9. The molecular weight excluding hydrogens is 314 g/mol. The molecule has 2 heterocycles. The Balaban J connectivity index is 1.51. The summed E-state index contributed by atoms with van der Waals surface area (Å²) in [7, 11) is 0. The quantitative estimate of drug-likeness (QED) is 0.860. The van der Waals surface area contributed by atoms with Crippen LogP contribution in [0.3, 0.4) is 0 Å². The van der Waals surface area contributed by atoms with E-state index in [4.69, 9.17) is 0 Å². The van der Waals surface area contributed by atoms with E-state index in [1.54, 1.807) is 0 Å². The lowest BCUT2D eigenvalue weighted by atomic mass is 9.93. The van der Waals surface area contributed by atoms with Crippen LogP contribution in [0.25, 0.3) is 0 Å². The zero-order valence-corrected chi connectivity index (χ0v) is 15.0. The van der Waals surface area contributed by atoms with Gasteiger partial charge < -0.3 is 15.5 Å². The van der Waals surface area contributed by atoms with Crippen molar-refractivity contribution >= 4 is 11.8 Å². The lowest BCUT2D eigenvalue weighted by Crippen LogP contribution is -2.51. The Kier molecular flexibility index (Phi) is 6.08. The molecule has 136 valence electrons. The third-order valence-corrected chi connectivity index (χ3v) is 5.44. The highest BCUT2D eigenvalue weighted by Crippen LogP contribution is 2.24. The molecule has 2 aliphatic heterocycles. The first kappa shape index (κ1) is 17.9. The Morgan fingerprint density at radius 3 is 2.52 bits per heavy atom. The summed E-state index contributed by atoms with van der Waals surface area (Å²) in [6, 6.07) is 10.2. The molecule has 25 heavy (non-hydrogen) atoms. The monoisotopic (exact) mass is 343 g/mol. The van der Waals surface area contributed by atoms with Gasteiger partial charge in [0, 0.05) is 19.1 Å². The van der Waals surface area contributed by atoms with Crippen LogP contribution in [-0.4, -0.2) is 48.4 Å². The number of benzene rings is 1. The van der Waals surface area contributed by atoms with E-state index in [-0.39, 0.29) is 29.8 Å². The van der Waals surface area contributed by atoms with E-state index in [0.29, 0.717) is 0 Å². The molecule has 2 saturated heterocycles. The second kappa shape index (κ2) is 8.48.